The van der Waals surface area contributed by atoms with Gasteiger partial charge in [-0.05, 0) is 36.5 Å². The second-order valence-corrected chi connectivity index (χ2v) is 5.42. The number of aliphatic hydroxyl groups is 1. The van der Waals surface area contributed by atoms with Crippen LogP contribution in [0, 0.1) is 16.7 Å². The molecule has 12 heavy (non-hydrogen) atoms. The van der Waals surface area contributed by atoms with Gasteiger partial charge < -0.3 is 5.11 Å². The smallest absolute Gasteiger partial charge is 0.0512 e. The van der Waals surface area contributed by atoms with Gasteiger partial charge in [-0.2, -0.15) is 0 Å². The van der Waals surface area contributed by atoms with Crippen LogP contribution in [0.2, 0.25) is 0 Å². The van der Waals surface area contributed by atoms with E-state index >= 15 is 0 Å². The van der Waals surface area contributed by atoms with E-state index in [1.165, 1.54) is 6.42 Å². The third-order valence-electron chi connectivity index (χ3n) is 4.19. The minimum atomic E-state index is -0.128. The first-order valence-electron chi connectivity index (χ1n) is 4.98. The number of hydrogen-bond acceptors (Lipinski definition) is 1. The number of rotatable bonds is 3. The zero-order valence-corrected chi connectivity index (χ0v) is 9.02. The molecule has 0 saturated heterocycles. The highest BCUT2D eigenvalue weighted by molar-refractivity contribution is 5.11. The first kappa shape index (κ1) is 10.0. The van der Waals surface area contributed by atoms with Gasteiger partial charge in [0, 0.05) is 0 Å². The van der Waals surface area contributed by atoms with Crippen LogP contribution < -0.4 is 0 Å². The average Bonchev–Trinajstić information content (AvgIpc) is 2.21. The van der Waals surface area contributed by atoms with Gasteiger partial charge in [0.15, 0.2) is 0 Å². The summed E-state index contributed by atoms with van der Waals surface area (Å²) in [5.74, 6) is 0.805. The predicted octanol–water partition coefficient (Wildman–Crippen LogP) is 2.83. The van der Waals surface area contributed by atoms with Crippen molar-refractivity contribution in [2.75, 3.05) is 0 Å². The summed E-state index contributed by atoms with van der Waals surface area (Å²) in [6, 6.07) is 0. The molecule has 0 radical (unpaired) electrons. The van der Waals surface area contributed by atoms with Gasteiger partial charge in [0.2, 0.25) is 0 Å². The maximum atomic E-state index is 9.17. The van der Waals surface area contributed by atoms with Crippen LogP contribution in [0.1, 0.15) is 47.5 Å². The Labute approximate surface area is 76.2 Å². The summed E-state index contributed by atoms with van der Waals surface area (Å²) in [6.45, 7) is 11.2. The summed E-state index contributed by atoms with van der Waals surface area (Å²) in [6.07, 6.45) is 2.01. The van der Waals surface area contributed by atoms with Crippen molar-refractivity contribution in [2.24, 2.45) is 16.7 Å². The molecule has 0 amide bonds. The van der Waals surface area contributed by atoms with Gasteiger partial charge >= 0.3 is 0 Å². The lowest BCUT2D eigenvalue weighted by atomic mass is 10.0. The molecule has 0 heterocycles. The standard InChI is InChI=1S/C11H22O/c1-8(12)6-7-9-10(2,3)11(9,4)5/h8-9,12H,6-7H2,1-5H3/t8-/m1/s1. The van der Waals surface area contributed by atoms with Crippen molar-refractivity contribution >= 4 is 0 Å². The van der Waals surface area contributed by atoms with E-state index in [2.05, 4.69) is 27.7 Å². The lowest BCUT2D eigenvalue weighted by molar-refractivity contribution is 0.176. The van der Waals surface area contributed by atoms with Crippen molar-refractivity contribution < 1.29 is 5.11 Å². The van der Waals surface area contributed by atoms with Crippen LogP contribution in [0.25, 0.3) is 0 Å². The zero-order valence-electron chi connectivity index (χ0n) is 9.02. The van der Waals surface area contributed by atoms with Crippen molar-refractivity contribution in [1.82, 2.24) is 0 Å². The van der Waals surface area contributed by atoms with Gasteiger partial charge in [-0.15, -0.1) is 0 Å². The van der Waals surface area contributed by atoms with E-state index in [0.29, 0.717) is 10.8 Å². The first-order valence-corrected chi connectivity index (χ1v) is 4.98. The summed E-state index contributed by atoms with van der Waals surface area (Å²) in [5.41, 5.74) is 0.976. The summed E-state index contributed by atoms with van der Waals surface area (Å²) < 4.78 is 0. The Balaban J connectivity index is 2.39. The normalized spacial score (nSPS) is 28.5. The van der Waals surface area contributed by atoms with Crippen LogP contribution >= 0.6 is 0 Å². The van der Waals surface area contributed by atoms with Crippen molar-refractivity contribution in [1.29, 1.82) is 0 Å². The molecule has 1 saturated carbocycles. The third-order valence-corrected chi connectivity index (χ3v) is 4.19. The molecule has 0 aromatic rings. The fraction of sp³-hybridized carbons (Fsp3) is 1.00. The van der Waals surface area contributed by atoms with E-state index in [9.17, 15) is 0 Å². The second kappa shape index (κ2) is 2.73. The largest absolute Gasteiger partial charge is 0.393 e. The molecule has 72 valence electrons. The molecule has 1 rings (SSSR count). The Morgan fingerprint density at radius 3 is 1.83 bits per heavy atom. The van der Waals surface area contributed by atoms with E-state index in [-0.39, 0.29) is 6.10 Å². The van der Waals surface area contributed by atoms with E-state index in [1.54, 1.807) is 0 Å². The summed E-state index contributed by atoms with van der Waals surface area (Å²) in [7, 11) is 0. The highest BCUT2D eigenvalue weighted by Crippen LogP contribution is 2.70. The molecular weight excluding hydrogens is 148 g/mol. The van der Waals surface area contributed by atoms with Crippen molar-refractivity contribution in [3.8, 4) is 0 Å². The summed E-state index contributed by atoms with van der Waals surface area (Å²) in [4.78, 5) is 0. The van der Waals surface area contributed by atoms with Crippen molar-refractivity contribution in [3.63, 3.8) is 0 Å². The van der Waals surface area contributed by atoms with Crippen LogP contribution in [0.15, 0.2) is 0 Å². The molecule has 1 atom stereocenters. The molecule has 1 fully saturated rings. The van der Waals surface area contributed by atoms with Gasteiger partial charge in [0.25, 0.3) is 0 Å². The third kappa shape index (κ3) is 1.39. The van der Waals surface area contributed by atoms with Crippen LogP contribution in [0.5, 0.6) is 0 Å². The number of hydrogen-bond donors (Lipinski definition) is 1. The molecule has 0 aromatic carbocycles. The summed E-state index contributed by atoms with van der Waals surface area (Å²) >= 11 is 0. The van der Waals surface area contributed by atoms with Crippen LogP contribution in [-0.2, 0) is 0 Å². The molecule has 0 aromatic heterocycles. The minimum absolute atomic E-state index is 0.128. The first-order chi connectivity index (χ1) is 5.30. The molecule has 1 aliphatic rings. The molecule has 0 unspecified atom stereocenters. The fourth-order valence-electron chi connectivity index (χ4n) is 2.46. The molecular formula is C11H22O. The molecule has 1 heteroatoms. The Bertz CT molecular complexity index is 154. The topological polar surface area (TPSA) is 20.2 Å². The van der Waals surface area contributed by atoms with E-state index in [0.717, 1.165) is 12.3 Å². The second-order valence-electron chi connectivity index (χ2n) is 5.42. The quantitative estimate of drug-likeness (QED) is 0.690. The van der Waals surface area contributed by atoms with Gasteiger partial charge in [-0.3, -0.25) is 0 Å². The van der Waals surface area contributed by atoms with Crippen molar-refractivity contribution in [2.45, 2.75) is 53.6 Å². The fourth-order valence-corrected chi connectivity index (χ4v) is 2.46. The highest BCUT2D eigenvalue weighted by atomic mass is 16.3. The van der Waals surface area contributed by atoms with Crippen LogP contribution in [-0.4, -0.2) is 11.2 Å². The molecule has 0 bridgehead atoms. The highest BCUT2D eigenvalue weighted by Gasteiger charge is 2.63. The molecule has 1 N–H and O–H groups in total. The Morgan fingerprint density at radius 1 is 1.17 bits per heavy atom. The van der Waals surface area contributed by atoms with E-state index in [1.807, 2.05) is 6.92 Å². The molecule has 0 aliphatic heterocycles. The van der Waals surface area contributed by atoms with Crippen LogP contribution in [0.3, 0.4) is 0 Å². The zero-order chi connectivity index (χ0) is 9.57. The maximum absolute atomic E-state index is 9.17. The SMILES string of the molecule is C[C@@H](O)CCC1C(C)(C)C1(C)C. The lowest BCUT2D eigenvalue weighted by Crippen LogP contribution is -2.01. The van der Waals surface area contributed by atoms with Gasteiger partial charge in [0.05, 0.1) is 6.10 Å². The van der Waals surface area contributed by atoms with Crippen molar-refractivity contribution in [3.05, 3.63) is 0 Å². The van der Waals surface area contributed by atoms with E-state index < -0.39 is 0 Å². The number of aliphatic hydroxyl groups excluding tert-OH is 1. The molecule has 1 nitrogen and oxygen atoms in total. The maximum Gasteiger partial charge on any atom is 0.0512 e. The van der Waals surface area contributed by atoms with Gasteiger partial charge in [-0.1, -0.05) is 27.7 Å². The van der Waals surface area contributed by atoms with E-state index in [4.69, 9.17) is 5.11 Å². The monoisotopic (exact) mass is 170 g/mol. The lowest BCUT2D eigenvalue weighted by Gasteiger charge is -2.04. The summed E-state index contributed by atoms with van der Waals surface area (Å²) in [5, 5.41) is 9.17. The molecule has 1 aliphatic carbocycles. The predicted molar refractivity (Wildman–Crippen MR) is 52.0 cm³/mol. The average molecular weight is 170 g/mol. The molecule has 0 spiro atoms. The Hall–Kier alpha value is -0.0400. The van der Waals surface area contributed by atoms with Crippen LogP contribution in [0.4, 0.5) is 0 Å². The van der Waals surface area contributed by atoms with Gasteiger partial charge in [0.1, 0.15) is 0 Å². The van der Waals surface area contributed by atoms with Gasteiger partial charge in [-0.25, -0.2) is 0 Å². The Kier molecular flexibility index (Phi) is 2.28. The Morgan fingerprint density at radius 2 is 1.58 bits per heavy atom. The minimum Gasteiger partial charge on any atom is -0.393 e.